The van der Waals surface area contributed by atoms with Gasteiger partial charge in [-0.25, -0.2) is 0 Å². The van der Waals surface area contributed by atoms with Crippen LogP contribution in [0.1, 0.15) is 0 Å². The van der Waals surface area contributed by atoms with Crippen LogP contribution in [-0.2, 0) is 0 Å². The van der Waals surface area contributed by atoms with E-state index in [9.17, 15) is 0 Å². The van der Waals surface area contributed by atoms with Crippen LogP contribution in [0.25, 0.3) is 0 Å². The first-order valence-corrected chi connectivity index (χ1v) is 0.928. The van der Waals surface area contributed by atoms with Crippen molar-refractivity contribution in [2.24, 2.45) is 0 Å². The average molecular weight is 98.9 g/mol. The van der Waals surface area contributed by atoms with Gasteiger partial charge in [0.15, 0.2) is 0 Å². The van der Waals surface area contributed by atoms with Crippen molar-refractivity contribution in [3.8, 4) is 0 Å². The normalized spacial score (nSPS) is 4.00. The molecule has 0 aromatic carbocycles. The van der Waals surface area contributed by atoms with Gasteiger partial charge in [0.1, 0.15) is 0 Å². The van der Waals surface area contributed by atoms with E-state index >= 15 is 0 Å². The summed E-state index contributed by atoms with van der Waals surface area (Å²) >= 11 is 0. The number of carboxylic acid groups (broad SMARTS) is 1. The Labute approximate surface area is 59.4 Å². The van der Waals surface area contributed by atoms with Crippen LogP contribution in [0.15, 0.2) is 0 Å². The summed E-state index contributed by atoms with van der Waals surface area (Å²) in [6, 6.07) is 0. The van der Waals surface area contributed by atoms with Crippen LogP contribution < -0.4 is 6.15 Å². The van der Waals surface area contributed by atoms with Crippen molar-refractivity contribution < 1.29 is 9.90 Å². The van der Waals surface area contributed by atoms with Crippen LogP contribution in [-0.4, -0.2) is 48.4 Å². The summed E-state index contributed by atoms with van der Waals surface area (Å²) < 4.78 is 0. The summed E-state index contributed by atoms with van der Waals surface area (Å²) in [7, 11) is 1.08. The third-order valence-electron chi connectivity index (χ3n) is 0. The van der Waals surface area contributed by atoms with Gasteiger partial charge in [0.25, 0.3) is 0 Å². The van der Waals surface area contributed by atoms with Gasteiger partial charge in [0.2, 0.25) is 13.7 Å². The Hall–Kier alpha value is 0.495. The third kappa shape index (κ3) is 224. The van der Waals surface area contributed by atoms with Gasteiger partial charge in [-0.2, -0.15) is 0 Å². The molecule has 0 saturated carbocycles. The number of hydrogen-bond acceptors (Lipinski definition) is 2. The molecule has 0 aromatic rings. The molecule has 0 radical (unpaired) electrons. The molecule has 0 rings (SSSR count). The van der Waals surface area contributed by atoms with Crippen LogP contribution in [0, 0.1) is 0 Å². The van der Waals surface area contributed by atoms with E-state index in [1.807, 2.05) is 0 Å². The van der Waals surface area contributed by atoms with Crippen LogP contribution >= 0.6 is 0 Å². The van der Waals surface area contributed by atoms with E-state index in [0.717, 1.165) is 7.85 Å². The fourth-order valence-corrected chi connectivity index (χ4v) is 0. The summed E-state index contributed by atoms with van der Waals surface area (Å²) in [5, 5.41) is 7.42. The molecule has 0 aliphatic carbocycles. The molecule has 0 saturated heterocycles. The minimum absolute atomic E-state index is 0. The van der Waals surface area contributed by atoms with Crippen LogP contribution in [0.2, 0.25) is 0 Å². The Kier molecular flexibility index (Phi) is 24.3. The predicted octanol–water partition coefficient (Wildman–Crippen LogP) is -1.19. The molecule has 0 heterocycles. The zero-order chi connectivity index (χ0) is 3.58. The van der Waals surface area contributed by atoms with Crippen molar-refractivity contribution in [2.75, 3.05) is 0 Å². The Bertz CT molecular complexity index is 36.5. The van der Waals surface area contributed by atoms with E-state index in [0.29, 0.717) is 0 Å². The Morgan fingerprint density at radius 1 is 1.67 bits per heavy atom. The molecule has 0 aliphatic heterocycles. The first kappa shape index (κ1) is 16.1. The zero-order valence-electron chi connectivity index (χ0n) is 3.06. The van der Waals surface area contributed by atoms with E-state index in [2.05, 4.69) is 0 Å². The van der Waals surface area contributed by atoms with E-state index in [-0.39, 0.29) is 35.7 Å². The summed E-state index contributed by atoms with van der Waals surface area (Å²) in [4.78, 5) is 9.00. The molecule has 0 spiro atoms. The average Bonchev–Trinajstić information content (AvgIpc) is 0.811. The van der Waals surface area contributed by atoms with Gasteiger partial charge in [-0.1, -0.05) is 0 Å². The van der Waals surface area contributed by atoms with Gasteiger partial charge in [-0.05, 0) is 0 Å². The van der Waals surface area contributed by atoms with Crippen molar-refractivity contribution >= 4 is 43.3 Å². The second-order valence-corrected chi connectivity index (χ2v) is 0.519. The molecule has 32 valence electrons. The molecule has 4 N–H and O–H groups in total. The van der Waals surface area contributed by atoms with E-state index in [4.69, 9.17) is 9.90 Å². The minimum atomic E-state index is -0.833. The van der Waals surface area contributed by atoms with Gasteiger partial charge >= 0.3 is 29.6 Å². The van der Waals surface area contributed by atoms with E-state index in [1.54, 1.807) is 0 Å². The fraction of sp³-hybridized carbons (Fsp3) is 0. The summed E-state index contributed by atoms with van der Waals surface area (Å²) in [6.45, 7) is 0. The number of rotatable bonds is 0. The van der Waals surface area contributed by atoms with Crippen molar-refractivity contribution in [1.29, 1.82) is 0 Å². The Balaban J connectivity index is -0.0000000450. The van der Waals surface area contributed by atoms with Gasteiger partial charge in [-0.3, -0.25) is 4.79 Å². The van der Waals surface area contributed by atoms with Crippen molar-refractivity contribution in [3.05, 3.63) is 0 Å². The number of hydrogen-bond donors (Lipinski definition) is 2. The van der Waals surface area contributed by atoms with Crippen LogP contribution in [0.4, 0.5) is 4.79 Å². The van der Waals surface area contributed by atoms with Crippen LogP contribution in [0.3, 0.4) is 0 Å². The first-order valence-electron chi connectivity index (χ1n) is 0.928. The SMILES string of the molecule is BC(=O)O.N.[NaH]. The molecule has 0 fully saturated rings. The molecular formula is CH7BNNaO2. The van der Waals surface area contributed by atoms with E-state index < -0.39 is 5.87 Å². The second-order valence-electron chi connectivity index (χ2n) is 0.519. The molecule has 0 atom stereocenters. The summed E-state index contributed by atoms with van der Waals surface area (Å²) in [5.74, 6) is -0.833. The first-order chi connectivity index (χ1) is 1.73. The van der Waals surface area contributed by atoms with Crippen LogP contribution in [0.5, 0.6) is 0 Å². The van der Waals surface area contributed by atoms with Crippen molar-refractivity contribution in [1.82, 2.24) is 6.15 Å². The summed E-state index contributed by atoms with van der Waals surface area (Å²) in [6.07, 6.45) is 0. The number of carbonyl (C=O) groups is 1. The molecule has 6 heavy (non-hydrogen) atoms. The fourth-order valence-electron chi connectivity index (χ4n) is 0. The third-order valence-corrected chi connectivity index (χ3v) is 0. The van der Waals surface area contributed by atoms with Gasteiger partial charge in [0, 0.05) is 0 Å². The molecule has 0 bridgehead atoms. The summed E-state index contributed by atoms with van der Waals surface area (Å²) in [5.41, 5.74) is 0. The molecule has 0 aliphatic rings. The molecule has 0 aromatic heterocycles. The predicted molar refractivity (Wildman–Crippen MR) is 28.7 cm³/mol. The molecular weight excluding hydrogens is 91.8 g/mol. The zero-order valence-corrected chi connectivity index (χ0v) is 3.06. The van der Waals surface area contributed by atoms with Gasteiger partial charge in [0.05, 0.1) is 0 Å². The topological polar surface area (TPSA) is 72.3 Å². The van der Waals surface area contributed by atoms with Crippen molar-refractivity contribution in [3.63, 3.8) is 0 Å². The standard InChI is InChI=1S/CH3BO2.H3N.Na.H/c2-1(3)4;;;/h2H2,(H,3,4);1H3;;. The molecule has 3 nitrogen and oxygen atoms in total. The van der Waals surface area contributed by atoms with Gasteiger partial charge in [-0.15, -0.1) is 0 Å². The Morgan fingerprint density at radius 3 is 1.67 bits per heavy atom. The second kappa shape index (κ2) is 9.09. The van der Waals surface area contributed by atoms with E-state index in [1.165, 1.54) is 0 Å². The maximum absolute atomic E-state index is 9.00. The Morgan fingerprint density at radius 2 is 1.67 bits per heavy atom. The van der Waals surface area contributed by atoms with Gasteiger partial charge < -0.3 is 11.3 Å². The molecule has 0 unspecified atom stereocenters. The van der Waals surface area contributed by atoms with Crippen molar-refractivity contribution in [2.45, 2.75) is 0 Å². The maximum atomic E-state index is 9.00. The molecule has 0 amide bonds. The monoisotopic (exact) mass is 99.0 g/mol. The molecule has 5 heteroatoms. The quantitative estimate of drug-likeness (QED) is 0.375.